The third kappa shape index (κ3) is 3.82. The molecule has 3 aromatic rings. The molecule has 0 saturated carbocycles. The van der Waals surface area contributed by atoms with Gasteiger partial charge in [-0.2, -0.15) is 4.68 Å². The van der Waals surface area contributed by atoms with Crippen LogP contribution in [0.25, 0.3) is 5.69 Å². The van der Waals surface area contributed by atoms with E-state index in [4.69, 9.17) is 4.74 Å². The second-order valence-corrected chi connectivity index (χ2v) is 7.22. The highest BCUT2D eigenvalue weighted by Gasteiger charge is 2.28. The van der Waals surface area contributed by atoms with E-state index in [1.807, 2.05) is 9.47 Å². The molecule has 11 heteroatoms. The Labute approximate surface area is 174 Å². The third-order valence-electron chi connectivity index (χ3n) is 5.34. The summed E-state index contributed by atoms with van der Waals surface area (Å²) in [6.07, 6.45) is 3.66. The number of urea groups is 1. The van der Waals surface area contributed by atoms with E-state index in [1.165, 1.54) is 0 Å². The molecule has 1 unspecified atom stereocenters. The number of piperidine rings is 1. The summed E-state index contributed by atoms with van der Waals surface area (Å²) in [6, 6.07) is 5.24. The van der Waals surface area contributed by atoms with Crippen molar-refractivity contribution in [2.45, 2.75) is 39.2 Å². The Hall–Kier alpha value is -3.50. The number of tetrazole rings is 1. The highest BCUT2D eigenvalue weighted by molar-refractivity contribution is 5.90. The molecular formula is C19H25N9O2. The van der Waals surface area contributed by atoms with Crippen molar-refractivity contribution in [3.8, 4) is 11.4 Å². The average molecular weight is 411 g/mol. The standard InChI is InChI=1S/C19H25N9O2/c1-4-26-12-20-23-18(26)14-6-5-9-27(11-14)19(29)21-15-7-8-17(30-3)16(10-15)28-13(2)22-24-25-28/h7-8,10,12,14H,4-6,9,11H2,1-3H3,(H,21,29). The van der Waals surface area contributed by atoms with Gasteiger partial charge in [-0.15, -0.1) is 15.3 Å². The molecule has 0 radical (unpaired) electrons. The first-order chi connectivity index (χ1) is 14.6. The summed E-state index contributed by atoms with van der Waals surface area (Å²) < 4.78 is 9.03. The number of benzene rings is 1. The Kier molecular flexibility index (Phi) is 5.59. The zero-order valence-electron chi connectivity index (χ0n) is 17.3. The van der Waals surface area contributed by atoms with Gasteiger partial charge in [-0.25, -0.2) is 4.79 Å². The van der Waals surface area contributed by atoms with Gasteiger partial charge in [0, 0.05) is 31.2 Å². The van der Waals surface area contributed by atoms with E-state index in [1.54, 1.807) is 43.2 Å². The van der Waals surface area contributed by atoms with Crippen LogP contribution in [0.1, 0.15) is 37.3 Å². The maximum absolute atomic E-state index is 12.9. The average Bonchev–Trinajstić information content (AvgIpc) is 3.42. The molecule has 1 atom stereocenters. The number of likely N-dealkylation sites (tertiary alicyclic amines) is 1. The topological polar surface area (TPSA) is 116 Å². The molecule has 1 aliphatic heterocycles. The van der Waals surface area contributed by atoms with Crippen LogP contribution in [0, 0.1) is 6.92 Å². The van der Waals surface area contributed by atoms with Gasteiger partial charge < -0.3 is 19.5 Å². The fourth-order valence-electron chi connectivity index (χ4n) is 3.79. The van der Waals surface area contributed by atoms with E-state index in [0.717, 1.165) is 25.2 Å². The maximum Gasteiger partial charge on any atom is 0.321 e. The molecule has 0 bridgehead atoms. The number of hydrogen-bond donors (Lipinski definition) is 1. The first-order valence-corrected chi connectivity index (χ1v) is 9.97. The van der Waals surface area contributed by atoms with E-state index in [9.17, 15) is 4.79 Å². The van der Waals surface area contributed by atoms with Crippen LogP contribution >= 0.6 is 0 Å². The molecule has 3 heterocycles. The predicted octanol–water partition coefficient (Wildman–Crippen LogP) is 2.00. The normalized spacial score (nSPS) is 16.5. The van der Waals surface area contributed by atoms with Gasteiger partial charge in [0.2, 0.25) is 0 Å². The van der Waals surface area contributed by atoms with Crippen LogP contribution in [0.4, 0.5) is 10.5 Å². The highest BCUT2D eigenvalue weighted by atomic mass is 16.5. The minimum atomic E-state index is -0.146. The number of carbonyl (C=O) groups excluding carboxylic acids is 1. The number of anilines is 1. The largest absolute Gasteiger partial charge is 0.494 e. The fourth-order valence-corrected chi connectivity index (χ4v) is 3.79. The number of methoxy groups -OCH3 is 1. The summed E-state index contributed by atoms with van der Waals surface area (Å²) in [5.74, 6) is 2.36. The summed E-state index contributed by atoms with van der Waals surface area (Å²) in [5, 5.41) is 22.9. The van der Waals surface area contributed by atoms with Gasteiger partial charge in [0.05, 0.1) is 7.11 Å². The van der Waals surface area contributed by atoms with Crippen molar-refractivity contribution in [2.75, 3.05) is 25.5 Å². The lowest BCUT2D eigenvalue weighted by atomic mass is 9.97. The summed E-state index contributed by atoms with van der Waals surface area (Å²) >= 11 is 0. The molecule has 0 spiro atoms. The smallest absolute Gasteiger partial charge is 0.321 e. The van der Waals surface area contributed by atoms with Crippen LogP contribution < -0.4 is 10.1 Å². The van der Waals surface area contributed by atoms with Crippen molar-refractivity contribution < 1.29 is 9.53 Å². The molecule has 1 saturated heterocycles. The molecule has 0 aliphatic carbocycles. The Morgan fingerprint density at radius 3 is 2.93 bits per heavy atom. The van der Waals surface area contributed by atoms with E-state index >= 15 is 0 Å². The Bertz CT molecular complexity index is 1030. The molecule has 4 rings (SSSR count). The summed E-state index contributed by atoms with van der Waals surface area (Å²) in [5.41, 5.74) is 1.30. The molecular weight excluding hydrogens is 386 g/mol. The van der Waals surface area contributed by atoms with Crippen molar-refractivity contribution in [1.82, 2.24) is 39.9 Å². The van der Waals surface area contributed by atoms with Crippen LogP contribution in [0.2, 0.25) is 0 Å². The number of aryl methyl sites for hydroxylation is 2. The molecule has 1 aliphatic rings. The Morgan fingerprint density at radius 2 is 2.20 bits per heavy atom. The molecule has 2 aromatic heterocycles. The van der Waals surface area contributed by atoms with Gasteiger partial charge in [0.1, 0.15) is 23.6 Å². The molecule has 1 aromatic carbocycles. The van der Waals surface area contributed by atoms with E-state index in [0.29, 0.717) is 36.0 Å². The van der Waals surface area contributed by atoms with Crippen LogP contribution in [0.15, 0.2) is 24.5 Å². The third-order valence-corrected chi connectivity index (χ3v) is 5.34. The van der Waals surface area contributed by atoms with Gasteiger partial charge in [0.15, 0.2) is 5.82 Å². The van der Waals surface area contributed by atoms with Crippen molar-refractivity contribution >= 4 is 11.7 Å². The number of hydrogen-bond acceptors (Lipinski definition) is 7. The van der Waals surface area contributed by atoms with Crippen LogP contribution in [-0.2, 0) is 6.54 Å². The van der Waals surface area contributed by atoms with Crippen LogP contribution in [-0.4, -0.2) is 66.1 Å². The minimum absolute atomic E-state index is 0.146. The van der Waals surface area contributed by atoms with Crippen molar-refractivity contribution in [3.63, 3.8) is 0 Å². The van der Waals surface area contributed by atoms with Crippen LogP contribution in [0.3, 0.4) is 0 Å². The van der Waals surface area contributed by atoms with Crippen LogP contribution in [0.5, 0.6) is 5.75 Å². The summed E-state index contributed by atoms with van der Waals surface area (Å²) in [4.78, 5) is 14.8. The van der Waals surface area contributed by atoms with Gasteiger partial charge >= 0.3 is 6.03 Å². The Balaban J connectivity index is 1.50. The Morgan fingerprint density at radius 1 is 1.33 bits per heavy atom. The number of ether oxygens (including phenoxy) is 1. The predicted molar refractivity (Wildman–Crippen MR) is 109 cm³/mol. The zero-order valence-corrected chi connectivity index (χ0v) is 17.3. The number of amides is 2. The SMILES string of the molecule is CCn1cnnc1C1CCCN(C(=O)Nc2ccc(OC)c(-n3nnnc3C)c2)C1. The number of rotatable bonds is 5. The highest BCUT2D eigenvalue weighted by Crippen LogP contribution is 2.28. The van der Waals surface area contributed by atoms with E-state index < -0.39 is 0 Å². The van der Waals surface area contributed by atoms with Gasteiger partial charge in [-0.1, -0.05) is 0 Å². The molecule has 2 amide bonds. The number of nitrogens with one attached hydrogen (secondary N) is 1. The molecule has 158 valence electrons. The summed E-state index contributed by atoms with van der Waals surface area (Å²) in [6.45, 7) is 6.00. The first kappa shape index (κ1) is 19.8. The van der Waals surface area contributed by atoms with Crippen molar-refractivity contribution in [3.05, 3.63) is 36.2 Å². The van der Waals surface area contributed by atoms with Crippen molar-refractivity contribution in [1.29, 1.82) is 0 Å². The fraction of sp³-hybridized carbons (Fsp3) is 0.474. The lowest BCUT2D eigenvalue weighted by molar-refractivity contribution is 0.190. The number of carbonyl (C=O) groups is 1. The van der Waals surface area contributed by atoms with E-state index in [2.05, 4.69) is 38.0 Å². The molecule has 1 fully saturated rings. The number of aromatic nitrogens is 7. The second kappa shape index (κ2) is 8.47. The van der Waals surface area contributed by atoms with Gasteiger partial charge in [-0.3, -0.25) is 0 Å². The molecule has 1 N–H and O–H groups in total. The number of nitrogens with zero attached hydrogens (tertiary/aromatic N) is 8. The zero-order chi connectivity index (χ0) is 21.1. The minimum Gasteiger partial charge on any atom is -0.494 e. The van der Waals surface area contributed by atoms with Crippen molar-refractivity contribution in [2.24, 2.45) is 0 Å². The van der Waals surface area contributed by atoms with Gasteiger partial charge in [-0.05, 0) is 55.3 Å². The molecule has 11 nitrogen and oxygen atoms in total. The van der Waals surface area contributed by atoms with E-state index in [-0.39, 0.29) is 11.9 Å². The summed E-state index contributed by atoms with van der Waals surface area (Å²) in [7, 11) is 1.58. The maximum atomic E-state index is 12.9. The lowest BCUT2D eigenvalue weighted by Crippen LogP contribution is -2.42. The quantitative estimate of drug-likeness (QED) is 0.682. The lowest BCUT2D eigenvalue weighted by Gasteiger charge is -2.32. The van der Waals surface area contributed by atoms with Gasteiger partial charge in [0.25, 0.3) is 0 Å². The molecule has 30 heavy (non-hydrogen) atoms. The second-order valence-electron chi connectivity index (χ2n) is 7.22. The monoisotopic (exact) mass is 411 g/mol. The first-order valence-electron chi connectivity index (χ1n) is 9.97.